The summed E-state index contributed by atoms with van der Waals surface area (Å²) in [4.78, 5) is 22.4. The number of ether oxygens (including phenoxy) is 1. The van der Waals surface area contributed by atoms with Gasteiger partial charge in [0.05, 0.1) is 38.0 Å². The highest BCUT2D eigenvalue weighted by Crippen LogP contribution is 2.39. The zero-order valence-corrected chi connectivity index (χ0v) is 25.2. The van der Waals surface area contributed by atoms with E-state index in [1.54, 1.807) is 42.3 Å². The van der Waals surface area contributed by atoms with E-state index < -0.39 is 26.8 Å². The van der Waals surface area contributed by atoms with Crippen LogP contribution < -0.4 is 10.3 Å². The maximum atomic E-state index is 13.6. The van der Waals surface area contributed by atoms with Crippen LogP contribution in [-0.2, 0) is 16.9 Å². The van der Waals surface area contributed by atoms with Crippen molar-refractivity contribution >= 4 is 38.0 Å². The van der Waals surface area contributed by atoms with E-state index in [9.17, 15) is 23.3 Å². The molecule has 0 saturated carbocycles. The Kier molecular flexibility index (Phi) is 8.38. The van der Waals surface area contributed by atoms with Gasteiger partial charge in [-0.05, 0) is 41.8 Å². The summed E-state index contributed by atoms with van der Waals surface area (Å²) in [7, 11) is -2.18. The smallest absolute Gasteiger partial charge is 0.269 e. The van der Waals surface area contributed by atoms with Crippen molar-refractivity contribution in [3.05, 3.63) is 122 Å². The minimum absolute atomic E-state index is 0.000778. The highest BCUT2D eigenvalue weighted by molar-refractivity contribution is 7.91. The molecule has 0 amide bonds. The molecular weight excluding hydrogens is 592 g/mol. The van der Waals surface area contributed by atoms with Crippen LogP contribution in [0.4, 0.5) is 5.69 Å². The molecule has 0 radical (unpaired) electrons. The van der Waals surface area contributed by atoms with Crippen LogP contribution in [0.3, 0.4) is 0 Å². The lowest BCUT2D eigenvalue weighted by Crippen LogP contribution is -2.30. The van der Waals surface area contributed by atoms with Gasteiger partial charge in [0.25, 0.3) is 5.69 Å². The van der Waals surface area contributed by atoms with Gasteiger partial charge < -0.3 is 9.30 Å². The molecule has 0 aliphatic heterocycles. The molecule has 0 saturated heterocycles. The van der Waals surface area contributed by atoms with E-state index in [0.717, 1.165) is 10.9 Å². The standard InChI is InChI=1S/C31H29ClN4O6S/c1-20(2)26(19-43(40,41)25-12-9-23(10-13-25)36(38)39)31(21-7-5-4-6-8-21)42-29-15-22-17-33-35(28(22)16-27(29)32)24-11-14-30(37)34(3)18-24/h4-18,20,26,31H,19H2,1-3H3/t26-,31+/m0/s1. The number of non-ortho nitro benzene ring substituents is 1. The van der Waals surface area contributed by atoms with Gasteiger partial charge in [-0.2, -0.15) is 5.10 Å². The fraction of sp³-hybridized carbons (Fsp3) is 0.226. The number of nitro groups is 1. The molecule has 2 aromatic heterocycles. The van der Waals surface area contributed by atoms with Crippen molar-refractivity contribution in [1.82, 2.24) is 14.3 Å². The van der Waals surface area contributed by atoms with Crippen LogP contribution >= 0.6 is 11.6 Å². The maximum Gasteiger partial charge on any atom is 0.269 e. The lowest BCUT2D eigenvalue weighted by molar-refractivity contribution is -0.384. The number of hydrogen-bond acceptors (Lipinski definition) is 7. The van der Waals surface area contributed by atoms with Crippen LogP contribution in [-0.4, -0.2) is 33.4 Å². The Morgan fingerprint density at radius 2 is 1.72 bits per heavy atom. The van der Waals surface area contributed by atoms with E-state index in [4.69, 9.17) is 16.3 Å². The Hall–Kier alpha value is -4.48. The number of benzene rings is 3. The van der Waals surface area contributed by atoms with Crippen LogP contribution in [0.15, 0.2) is 101 Å². The lowest BCUT2D eigenvalue weighted by atomic mass is 9.88. The summed E-state index contributed by atoms with van der Waals surface area (Å²) in [6.07, 6.45) is 2.65. The first-order chi connectivity index (χ1) is 20.4. The van der Waals surface area contributed by atoms with E-state index in [2.05, 4.69) is 5.10 Å². The van der Waals surface area contributed by atoms with E-state index in [-0.39, 0.29) is 27.8 Å². The van der Waals surface area contributed by atoms with Crippen LogP contribution in [0.2, 0.25) is 5.02 Å². The Labute approximate surface area is 253 Å². The lowest BCUT2D eigenvalue weighted by Gasteiger charge is -2.31. The molecule has 3 aromatic carbocycles. The fourth-order valence-electron chi connectivity index (χ4n) is 4.96. The van der Waals surface area contributed by atoms with Gasteiger partial charge in [0.15, 0.2) is 9.84 Å². The molecule has 12 heteroatoms. The summed E-state index contributed by atoms with van der Waals surface area (Å²) in [5, 5.41) is 16.6. The molecule has 0 spiro atoms. The Morgan fingerprint density at radius 3 is 2.35 bits per heavy atom. The Morgan fingerprint density at radius 1 is 1.02 bits per heavy atom. The topological polar surface area (TPSA) is 126 Å². The molecule has 0 fully saturated rings. The van der Waals surface area contributed by atoms with Gasteiger partial charge >= 0.3 is 0 Å². The molecule has 0 aliphatic rings. The number of aryl methyl sites for hydroxylation is 1. The molecule has 0 N–H and O–H groups in total. The fourth-order valence-corrected chi connectivity index (χ4v) is 6.98. The number of rotatable bonds is 10. The molecule has 2 heterocycles. The molecular formula is C31H29ClN4O6S. The van der Waals surface area contributed by atoms with Gasteiger partial charge in [-0.3, -0.25) is 14.9 Å². The van der Waals surface area contributed by atoms with Crippen molar-refractivity contribution < 1.29 is 18.1 Å². The minimum Gasteiger partial charge on any atom is -0.484 e. The van der Waals surface area contributed by atoms with Gasteiger partial charge in [0.2, 0.25) is 5.56 Å². The highest BCUT2D eigenvalue weighted by atomic mass is 35.5. The van der Waals surface area contributed by atoms with E-state index >= 15 is 0 Å². The third-order valence-corrected chi connectivity index (χ3v) is 9.49. The molecule has 2 atom stereocenters. The molecule has 10 nitrogen and oxygen atoms in total. The second kappa shape index (κ2) is 12.0. The zero-order valence-electron chi connectivity index (χ0n) is 23.6. The van der Waals surface area contributed by atoms with Gasteiger partial charge in [-0.15, -0.1) is 0 Å². The average Bonchev–Trinajstić information content (AvgIpc) is 3.39. The van der Waals surface area contributed by atoms with Crippen molar-refractivity contribution in [3.63, 3.8) is 0 Å². The van der Waals surface area contributed by atoms with Crippen LogP contribution in [0.5, 0.6) is 5.75 Å². The number of aromatic nitrogens is 3. The SMILES string of the molecule is CC(C)[C@H](CS(=O)(=O)c1ccc([N+](=O)[O-])cc1)[C@H](Oc1cc2cnn(-c3ccc(=O)n(C)c3)c2cc1Cl)c1ccccc1. The van der Waals surface area contributed by atoms with E-state index in [0.29, 0.717) is 22.0 Å². The summed E-state index contributed by atoms with van der Waals surface area (Å²) < 4.78 is 36.8. The van der Waals surface area contributed by atoms with Crippen LogP contribution in [0.1, 0.15) is 25.5 Å². The first-order valence-electron chi connectivity index (χ1n) is 13.5. The largest absolute Gasteiger partial charge is 0.484 e. The Balaban J connectivity index is 1.52. The van der Waals surface area contributed by atoms with Crippen LogP contribution in [0, 0.1) is 22.0 Å². The van der Waals surface area contributed by atoms with Crippen molar-refractivity contribution in [1.29, 1.82) is 0 Å². The first-order valence-corrected chi connectivity index (χ1v) is 15.5. The zero-order chi connectivity index (χ0) is 30.9. The van der Waals surface area contributed by atoms with Crippen LogP contribution in [0.25, 0.3) is 16.6 Å². The van der Waals surface area contributed by atoms with Crippen molar-refractivity contribution in [2.45, 2.75) is 24.8 Å². The Bertz CT molecular complexity index is 1950. The maximum absolute atomic E-state index is 13.6. The number of pyridine rings is 1. The van der Waals surface area contributed by atoms with Gasteiger partial charge in [0.1, 0.15) is 11.9 Å². The predicted octanol–water partition coefficient (Wildman–Crippen LogP) is 6.15. The summed E-state index contributed by atoms with van der Waals surface area (Å²) >= 11 is 6.77. The second-order valence-corrected chi connectivity index (χ2v) is 13.1. The molecule has 0 bridgehead atoms. The number of fused-ring (bicyclic) bond motifs is 1. The molecule has 5 aromatic rings. The normalized spacial score (nSPS) is 13.2. The molecule has 5 rings (SSSR count). The van der Waals surface area contributed by atoms with Gasteiger partial charge in [-0.1, -0.05) is 55.8 Å². The number of hydrogen-bond donors (Lipinski definition) is 0. The number of sulfone groups is 1. The van der Waals surface area contributed by atoms with E-state index in [1.165, 1.54) is 34.9 Å². The summed E-state index contributed by atoms with van der Waals surface area (Å²) in [5.74, 6) is -0.538. The molecule has 43 heavy (non-hydrogen) atoms. The predicted molar refractivity (Wildman–Crippen MR) is 165 cm³/mol. The monoisotopic (exact) mass is 620 g/mol. The molecule has 0 aliphatic carbocycles. The van der Waals surface area contributed by atoms with Crippen molar-refractivity contribution in [2.75, 3.05) is 5.75 Å². The van der Waals surface area contributed by atoms with Crippen molar-refractivity contribution in [3.8, 4) is 11.4 Å². The third kappa shape index (κ3) is 6.32. The minimum atomic E-state index is -3.84. The average molecular weight is 621 g/mol. The summed E-state index contributed by atoms with van der Waals surface area (Å²) in [6.45, 7) is 3.86. The van der Waals surface area contributed by atoms with Crippen molar-refractivity contribution in [2.24, 2.45) is 18.9 Å². The highest BCUT2D eigenvalue weighted by Gasteiger charge is 2.34. The second-order valence-electron chi connectivity index (χ2n) is 10.6. The molecule has 222 valence electrons. The van der Waals surface area contributed by atoms with E-state index in [1.807, 2.05) is 44.2 Å². The summed E-state index contributed by atoms with van der Waals surface area (Å²) in [6, 6.07) is 20.9. The summed E-state index contributed by atoms with van der Waals surface area (Å²) in [5.41, 5.74) is 1.83. The van der Waals surface area contributed by atoms with Gasteiger partial charge in [-0.25, -0.2) is 13.1 Å². The number of halogens is 1. The quantitative estimate of drug-likeness (QED) is 0.135. The third-order valence-electron chi connectivity index (χ3n) is 7.38. The molecule has 0 unspecified atom stereocenters. The van der Waals surface area contributed by atoms with Gasteiger partial charge in [0, 0.05) is 42.7 Å². The number of nitrogens with zero attached hydrogens (tertiary/aromatic N) is 4. The number of nitro benzene ring substituents is 1. The first kappa shape index (κ1) is 30.0.